The van der Waals surface area contributed by atoms with Crippen LogP contribution in [0.2, 0.25) is 5.15 Å². The molecule has 0 saturated carbocycles. The summed E-state index contributed by atoms with van der Waals surface area (Å²) in [5.41, 5.74) is 0.798. The number of para-hydroxylation sites is 1. The Kier molecular flexibility index (Phi) is 2.57. The highest BCUT2D eigenvalue weighted by Crippen LogP contribution is 2.28. The largest absolute Gasteiger partial charge is 0.350 e. The minimum Gasteiger partial charge on any atom is -0.258 e. The maximum absolute atomic E-state index is 11.1. The van der Waals surface area contributed by atoms with Crippen LogP contribution >= 0.6 is 11.6 Å². The third-order valence-corrected chi connectivity index (χ3v) is 2.77. The number of fused-ring (bicyclic) bond motifs is 1. The average molecular weight is 277 g/mol. The highest BCUT2D eigenvalue weighted by atomic mass is 35.5. The van der Waals surface area contributed by atoms with Gasteiger partial charge in [-0.2, -0.15) is 4.68 Å². The van der Waals surface area contributed by atoms with Gasteiger partial charge < -0.3 is 0 Å². The van der Waals surface area contributed by atoms with Crippen LogP contribution in [0.1, 0.15) is 0 Å². The fraction of sp³-hybridized carbons (Fsp3) is 0. The monoisotopic (exact) mass is 276 g/mol. The van der Waals surface area contributed by atoms with Crippen molar-refractivity contribution >= 4 is 28.3 Å². The number of nitrogens with zero attached hydrogens (tertiary/aromatic N) is 6. The molecule has 1 aromatic carbocycles. The van der Waals surface area contributed by atoms with Crippen LogP contribution in [0.5, 0.6) is 0 Å². The molecule has 0 radical (unpaired) electrons. The van der Waals surface area contributed by atoms with Crippen LogP contribution < -0.4 is 0 Å². The third-order valence-electron chi connectivity index (χ3n) is 2.49. The lowest BCUT2D eigenvalue weighted by atomic mass is 10.3. The van der Waals surface area contributed by atoms with Crippen molar-refractivity contribution in [1.29, 1.82) is 0 Å². The quantitative estimate of drug-likeness (QED) is 0.402. The van der Waals surface area contributed by atoms with Gasteiger partial charge in [0.2, 0.25) is 11.0 Å². The molecule has 94 valence electrons. The highest BCUT2D eigenvalue weighted by molar-refractivity contribution is 6.31. The highest BCUT2D eigenvalue weighted by Gasteiger charge is 2.24. The van der Waals surface area contributed by atoms with Crippen molar-refractivity contribution in [2.24, 2.45) is 0 Å². The van der Waals surface area contributed by atoms with E-state index in [2.05, 4.69) is 20.3 Å². The van der Waals surface area contributed by atoms with Crippen LogP contribution in [0.4, 0.5) is 5.69 Å². The van der Waals surface area contributed by atoms with E-state index in [9.17, 15) is 10.1 Å². The van der Waals surface area contributed by atoms with E-state index in [4.69, 9.17) is 11.6 Å². The molecule has 0 fully saturated rings. The standard InChI is InChI=1S/C10H5ClN6O2/c11-9-8(17(18)19)10(13-5-12-9)16-7-4-2-1-3-6(7)14-15-16/h1-5H. The van der Waals surface area contributed by atoms with Gasteiger partial charge in [0.25, 0.3) is 0 Å². The SMILES string of the molecule is O=[N+]([O-])c1c(Cl)ncnc1-n1nnc2ccccc21. The maximum Gasteiger partial charge on any atom is 0.350 e. The summed E-state index contributed by atoms with van der Waals surface area (Å²) in [5.74, 6) is -0.0151. The minimum atomic E-state index is -0.645. The molecule has 0 aliphatic rings. The Morgan fingerprint density at radius 2 is 2.05 bits per heavy atom. The summed E-state index contributed by atoms with van der Waals surface area (Å²) < 4.78 is 1.26. The second kappa shape index (κ2) is 4.25. The van der Waals surface area contributed by atoms with E-state index >= 15 is 0 Å². The molecule has 2 heterocycles. The van der Waals surface area contributed by atoms with Crippen molar-refractivity contribution in [3.05, 3.63) is 45.9 Å². The summed E-state index contributed by atoms with van der Waals surface area (Å²) in [6.07, 6.45) is 1.14. The van der Waals surface area contributed by atoms with Crippen LogP contribution in [0.25, 0.3) is 16.9 Å². The average Bonchev–Trinajstić information content (AvgIpc) is 2.81. The van der Waals surface area contributed by atoms with Crippen molar-refractivity contribution in [3.63, 3.8) is 0 Å². The van der Waals surface area contributed by atoms with E-state index in [0.29, 0.717) is 11.0 Å². The first-order chi connectivity index (χ1) is 9.18. The molecule has 9 heteroatoms. The molecule has 8 nitrogen and oxygen atoms in total. The van der Waals surface area contributed by atoms with Crippen LogP contribution in [-0.2, 0) is 0 Å². The molecule has 0 bridgehead atoms. The molecule has 0 unspecified atom stereocenters. The normalized spacial score (nSPS) is 10.8. The second-order valence-electron chi connectivity index (χ2n) is 3.58. The van der Waals surface area contributed by atoms with Crippen LogP contribution in [0.3, 0.4) is 0 Å². The topological polar surface area (TPSA) is 99.6 Å². The molecular weight excluding hydrogens is 272 g/mol. The number of rotatable bonds is 2. The van der Waals surface area contributed by atoms with Gasteiger partial charge in [-0.25, -0.2) is 9.97 Å². The number of hydrogen-bond donors (Lipinski definition) is 0. The first-order valence-electron chi connectivity index (χ1n) is 5.14. The number of nitro groups is 1. The third kappa shape index (κ3) is 1.78. The van der Waals surface area contributed by atoms with Crippen LogP contribution in [0, 0.1) is 10.1 Å². The van der Waals surface area contributed by atoms with E-state index in [-0.39, 0.29) is 11.0 Å². The molecule has 0 amide bonds. The lowest BCUT2D eigenvalue weighted by Crippen LogP contribution is -2.06. The Bertz CT molecular complexity index is 787. The van der Waals surface area contributed by atoms with Gasteiger partial charge in [0.15, 0.2) is 0 Å². The molecule has 0 spiro atoms. The predicted molar refractivity (Wildman–Crippen MR) is 66.1 cm³/mol. The van der Waals surface area contributed by atoms with Crippen LogP contribution in [0.15, 0.2) is 30.6 Å². The molecule has 3 rings (SSSR count). The Morgan fingerprint density at radius 3 is 2.84 bits per heavy atom. The molecule has 0 N–H and O–H groups in total. The molecule has 3 aromatic rings. The molecule has 2 aromatic heterocycles. The van der Waals surface area contributed by atoms with Gasteiger partial charge in [0.1, 0.15) is 11.8 Å². The van der Waals surface area contributed by atoms with Gasteiger partial charge in [-0.15, -0.1) is 5.10 Å². The number of hydrogen-bond acceptors (Lipinski definition) is 6. The summed E-state index contributed by atoms with van der Waals surface area (Å²) in [5, 5.41) is 18.6. The lowest BCUT2D eigenvalue weighted by molar-refractivity contribution is -0.385. The van der Waals surface area contributed by atoms with E-state index < -0.39 is 10.6 Å². The van der Waals surface area contributed by atoms with Gasteiger partial charge in [-0.3, -0.25) is 10.1 Å². The lowest BCUT2D eigenvalue weighted by Gasteiger charge is -2.02. The molecule has 0 aliphatic carbocycles. The number of benzene rings is 1. The maximum atomic E-state index is 11.1. The first-order valence-corrected chi connectivity index (χ1v) is 5.52. The second-order valence-corrected chi connectivity index (χ2v) is 3.94. The van der Waals surface area contributed by atoms with E-state index in [1.54, 1.807) is 24.3 Å². The molecule has 0 aliphatic heterocycles. The molecule has 0 atom stereocenters. The Balaban J connectivity index is 2.33. The first kappa shape index (κ1) is 11.5. The van der Waals surface area contributed by atoms with Gasteiger partial charge in [-0.1, -0.05) is 28.9 Å². The van der Waals surface area contributed by atoms with Crippen molar-refractivity contribution in [2.75, 3.05) is 0 Å². The Hall–Kier alpha value is -2.61. The zero-order valence-corrected chi connectivity index (χ0v) is 10.0. The Labute approximate surface area is 110 Å². The summed E-state index contributed by atoms with van der Waals surface area (Å²) in [4.78, 5) is 17.9. The minimum absolute atomic E-state index is 0.0151. The van der Waals surface area contributed by atoms with Gasteiger partial charge in [0, 0.05) is 0 Å². The molecule has 19 heavy (non-hydrogen) atoms. The smallest absolute Gasteiger partial charge is 0.258 e. The van der Waals surface area contributed by atoms with Gasteiger partial charge >= 0.3 is 5.69 Å². The van der Waals surface area contributed by atoms with E-state index in [0.717, 1.165) is 6.33 Å². The van der Waals surface area contributed by atoms with E-state index in [1.807, 2.05) is 0 Å². The summed E-state index contributed by atoms with van der Waals surface area (Å²) >= 11 is 5.74. The molecular formula is C10H5ClN6O2. The number of halogens is 1. The van der Waals surface area contributed by atoms with Gasteiger partial charge in [-0.05, 0) is 12.1 Å². The van der Waals surface area contributed by atoms with Crippen molar-refractivity contribution < 1.29 is 4.92 Å². The van der Waals surface area contributed by atoms with Crippen molar-refractivity contribution in [2.45, 2.75) is 0 Å². The fourth-order valence-corrected chi connectivity index (χ4v) is 1.88. The van der Waals surface area contributed by atoms with E-state index in [1.165, 1.54) is 4.68 Å². The van der Waals surface area contributed by atoms with Crippen LogP contribution in [-0.4, -0.2) is 29.9 Å². The van der Waals surface area contributed by atoms with Crippen molar-refractivity contribution in [3.8, 4) is 5.82 Å². The number of aromatic nitrogens is 5. The summed E-state index contributed by atoms with van der Waals surface area (Å²) in [6, 6.07) is 7.04. The summed E-state index contributed by atoms with van der Waals surface area (Å²) in [6.45, 7) is 0. The zero-order valence-electron chi connectivity index (χ0n) is 9.26. The molecule has 0 saturated heterocycles. The Morgan fingerprint density at radius 1 is 1.26 bits per heavy atom. The van der Waals surface area contributed by atoms with Crippen molar-refractivity contribution in [1.82, 2.24) is 25.0 Å². The fourth-order valence-electron chi connectivity index (χ4n) is 1.69. The summed E-state index contributed by atoms with van der Waals surface area (Å²) in [7, 11) is 0. The van der Waals surface area contributed by atoms with Gasteiger partial charge in [0.05, 0.1) is 10.4 Å². The zero-order chi connectivity index (χ0) is 13.4. The predicted octanol–water partition coefficient (Wildman–Crippen LogP) is 1.77.